The standard InChI is InChI=1S/C20H38N2O6.2Na/c1-2-3-4-5-6-7-8-9-10-11-18(23)21-12-13-22(16-19(24)25)14-15-28-17-20(26)27;;/h2-17H2,1H3,(H,21,23)(H,24,25)(H,26,27);;/q;2*+1/p-2. The molecule has 0 fully saturated rings. The quantitative estimate of drug-likeness (QED) is 0.146. The van der Waals surface area contributed by atoms with Crippen LogP contribution in [0.2, 0.25) is 0 Å². The minimum absolute atomic E-state index is 0. The van der Waals surface area contributed by atoms with E-state index in [1.54, 1.807) is 0 Å². The van der Waals surface area contributed by atoms with Gasteiger partial charge >= 0.3 is 59.1 Å². The largest absolute Gasteiger partial charge is 1.00 e. The maximum atomic E-state index is 11.8. The van der Waals surface area contributed by atoms with E-state index in [4.69, 9.17) is 4.74 Å². The van der Waals surface area contributed by atoms with Crippen LogP contribution in [0, 0.1) is 0 Å². The molecule has 0 spiro atoms. The van der Waals surface area contributed by atoms with Crippen molar-refractivity contribution in [3.8, 4) is 0 Å². The van der Waals surface area contributed by atoms with Crippen molar-refractivity contribution in [2.45, 2.75) is 71.1 Å². The van der Waals surface area contributed by atoms with Gasteiger partial charge in [-0.2, -0.15) is 0 Å². The Balaban J connectivity index is -0.00000364. The van der Waals surface area contributed by atoms with Crippen LogP contribution in [0.25, 0.3) is 0 Å². The number of hydrogen-bond acceptors (Lipinski definition) is 7. The summed E-state index contributed by atoms with van der Waals surface area (Å²) in [5, 5.41) is 23.8. The molecule has 0 aliphatic heterocycles. The summed E-state index contributed by atoms with van der Waals surface area (Å²) in [6, 6.07) is 0. The van der Waals surface area contributed by atoms with Gasteiger partial charge < -0.3 is 29.9 Å². The maximum Gasteiger partial charge on any atom is 1.00 e. The van der Waals surface area contributed by atoms with Gasteiger partial charge in [0, 0.05) is 32.6 Å². The molecule has 0 radical (unpaired) electrons. The molecule has 0 atom stereocenters. The summed E-state index contributed by atoms with van der Waals surface area (Å²) < 4.78 is 4.84. The molecule has 0 saturated carbocycles. The van der Waals surface area contributed by atoms with Crippen LogP contribution in [0.5, 0.6) is 0 Å². The Kier molecular flexibility index (Phi) is 29.8. The summed E-state index contributed by atoms with van der Waals surface area (Å²) in [5.74, 6) is -2.60. The smallest absolute Gasteiger partial charge is 0.549 e. The molecule has 0 unspecified atom stereocenters. The van der Waals surface area contributed by atoms with Gasteiger partial charge in [0.15, 0.2) is 0 Å². The number of hydrogen-bond donors (Lipinski definition) is 1. The van der Waals surface area contributed by atoms with Crippen LogP contribution in [-0.4, -0.2) is 62.1 Å². The van der Waals surface area contributed by atoms with E-state index in [1.165, 1.54) is 43.4 Å². The van der Waals surface area contributed by atoms with Crippen molar-refractivity contribution in [1.29, 1.82) is 0 Å². The third-order valence-corrected chi connectivity index (χ3v) is 4.38. The Morgan fingerprint density at radius 1 is 0.833 bits per heavy atom. The molecule has 0 rings (SSSR count). The molecule has 30 heavy (non-hydrogen) atoms. The summed E-state index contributed by atoms with van der Waals surface area (Å²) in [5.41, 5.74) is 0. The Morgan fingerprint density at radius 2 is 1.40 bits per heavy atom. The van der Waals surface area contributed by atoms with Crippen LogP contribution in [0.3, 0.4) is 0 Å². The molecule has 164 valence electrons. The number of ether oxygens (including phenoxy) is 1. The first-order valence-corrected chi connectivity index (χ1v) is 10.4. The minimum Gasteiger partial charge on any atom is -0.549 e. The Labute approximate surface area is 225 Å². The molecule has 0 heterocycles. The van der Waals surface area contributed by atoms with Gasteiger partial charge in [0.1, 0.15) is 0 Å². The van der Waals surface area contributed by atoms with Crippen molar-refractivity contribution < 1.29 is 88.4 Å². The number of carbonyl (C=O) groups is 3. The van der Waals surface area contributed by atoms with E-state index in [0.717, 1.165) is 19.3 Å². The topological polar surface area (TPSA) is 122 Å². The van der Waals surface area contributed by atoms with E-state index in [1.807, 2.05) is 0 Å². The van der Waals surface area contributed by atoms with Crippen molar-refractivity contribution in [3.63, 3.8) is 0 Å². The van der Waals surface area contributed by atoms with Crippen LogP contribution >= 0.6 is 0 Å². The molecule has 0 aliphatic carbocycles. The molecule has 0 aromatic heterocycles. The van der Waals surface area contributed by atoms with E-state index in [-0.39, 0.29) is 84.7 Å². The fourth-order valence-electron chi connectivity index (χ4n) is 2.84. The molecule has 0 aromatic rings. The van der Waals surface area contributed by atoms with Gasteiger partial charge in [-0.3, -0.25) is 9.69 Å². The normalized spacial score (nSPS) is 10.2. The van der Waals surface area contributed by atoms with Crippen molar-refractivity contribution in [1.82, 2.24) is 10.2 Å². The van der Waals surface area contributed by atoms with Crippen molar-refractivity contribution in [3.05, 3.63) is 0 Å². The third-order valence-electron chi connectivity index (χ3n) is 4.38. The van der Waals surface area contributed by atoms with Gasteiger partial charge in [-0.05, 0) is 6.42 Å². The summed E-state index contributed by atoms with van der Waals surface area (Å²) >= 11 is 0. The first kappa shape index (κ1) is 34.9. The summed E-state index contributed by atoms with van der Waals surface area (Å²) in [6.45, 7) is 2.32. The molecular weight excluding hydrogens is 410 g/mol. The fourth-order valence-corrected chi connectivity index (χ4v) is 2.84. The van der Waals surface area contributed by atoms with Crippen molar-refractivity contribution in [2.24, 2.45) is 0 Å². The first-order valence-electron chi connectivity index (χ1n) is 10.4. The van der Waals surface area contributed by atoms with Crippen LogP contribution < -0.4 is 74.6 Å². The molecule has 1 amide bonds. The van der Waals surface area contributed by atoms with E-state index in [2.05, 4.69) is 12.2 Å². The van der Waals surface area contributed by atoms with Crippen molar-refractivity contribution in [2.75, 3.05) is 39.4 Å². The molecule has 0 aliphatic rings. The summed E-state index contributed by atoms with van der Waals surface area (Å²) in [4.78, 5) is 34.4. The van der Waals surface area contributed by atoms with Crippen LogP contribution in [-0.2, 0) is 19.1 Å². The molecular formula is C20H36N2Na2O6. The monoisotopic (exact) mass is 446 g/mol. The number of aliphatic carboxylic acids is 2. The predicted octanol–water partition coefficient (Wildman–Crippen LogP) is -6.15. The van der Waals surface area contributed by atoms with Gasteiger partial charge in [-0.15, -0.1) is 0 Å². The van der Waals surface area contributed by atoms with Crippen LogP contribution in [0.1, 0.15) is 71.1 Å². The third kappa shape index (κ3) is 26.4. The Bertz CT molecular complexity index is 442. The number of unbranched alkanes of at least 4 members (excludes halogenated alkanes) is 8. The number of nitrogens with zero attached hydrogens (tertiary/aromatic N) is 1. The van der Waals surface area contributed by atoms with E-state index < -0.39 is 18.5 Å². The van der Waals surface area contributed by atoms with Gasteiger partial charge in [0.25, 0.3) is 0 Å². The predicted molar refractivity (Wildman–Crippen MR) is 102 cm³/mol. The molecule has 0 aromatic carbocycles. The zero-order valence-corrected chi connectivity index (χ0v) is 23.2. The zero-order valence-electron chi connectivity index (χ0n) is 19.2. The molecule has 10 heteroatoms. The Morgan fingerprint density at radius 3 is 1.93 bits per heavy atom. The van der Waals surface area contributed by atoms with Gasteiger partial charge in [0.05, 0.1) is 25.2 Å². The maximum absolute atomic E-state index is 11.8. The van der Waals surface area contributed by atoms with Crippen LogP contribution in [0.4, 0.5) is 0 Å². The molecule has 0 saturated heterocycles. The number of rotatable bonds is 20. The second-order valence-corrected chi connectivity index (χ2v) is 7.00. The minimum atomic E-state index is -1.32. The summed E-state index contributed by atoms with van der Waals surface area (Å²) in [6.07, 6.45) is 11.2. The molecule has 8 nitrogen and oxygen atoms in total. The summed E-state index contributed by atoms with van der Waals surface area (Å²) in [7, 11) is 0. The number of carboxylic acids is 2. The number of carbonyl (C=O) groups excluding carboxylic acids is 3. The van der Waals surface area contributed by atoms with E-state index >= 15 is 0 Å². The average molecular weight is 446 g/mol. The average Bonchev–Trinajstić information content (AvgIpc) is 2.63. The molecule has 0 bridgehead atoms. The fraction of sp³-hybridized carbons (Fsp3) is 0.850. The van der Waals surface area contributed by atoms with Crippen molar-refractivity contribution >= 4 is 17.8 Å². The van der Waals surface area contributed by atoms with Crippen LogP contribution in [0.15, 0.2) is 0 Å². The number of carboxylic acid groups (broad SMARTS) is 2. The number of amides is 1. The van der Waals surface area contributed by atoms with Gasteiger partial charge in [-0.1, -0.05) is 58.3 Å². The van der Waals surface area contributed by atoms with E-state index in [9.17, 15) is 24.6 Å². The Hall–Kier alpha value is 0.330. The van der Waals surface area contributed by atoms with Gasteiger partial charge in [-0.25, -0.2) is 0 Å². The molecule has 1 N–H and O–H groups in total. The first-order chi connectivity index (χ1) is 13.5. The second-order valence-electron chi connectivity index (χ2n) is 7.00. The second kappa shape index (κ2) is 25.6. The SMILES string of the molecule is CCCCCCCCCCCC(=O)NCCN(CCOCC(=O)[O-])CC(=O)[O-].[Na+].[Na+]. The van der Waals surface area contributed by atoms with E-state index in [0.29, 0.717) is 19.5 Å². The zero-order chi connectivity index (χ0) is 21.0. The van der Waals surface area contributed by atoms with Gasteiger partial charge in [0.2, 0.25) is 5.91 Å². The number of nitrogens with one attached hydrogen (secondary N) is 1.